The molecule has 3 heterocycles. The molecule has 0 aliphatic heterocycles. The van der Waals surface area contributed by atoms with Gasteiger partial charge in [-0.1, -0.05) is 12.1 Å². The fourth-order valence-electron chi connectivity index (χ4n) is 3.32. The van der Waals surface area contributed by atoms with Gasteiger partial charge in [0.2, 0.25) is 0 Å². The van der Waals surface area contributed by atoms with Gasteiger partial charge in [0.1, 0.15) is 29.4 Å². The van der Waals surface area contributed by atoms with Crippen molar-refractivity contribution in [2.75, 3.05) is 19.5 Å². The molecule has 0 saturated carbocycles. The van der Waals surface area contributed by atoms with Gasteiger partial charge in [-0.3, -0.25) is 4.40 Å². The van der Waals surface area contributed by atoms with Crippen LogP contribution in [0.3, 0.4) is 0 Å². The Hall–Kier alpha value is -4.27. The third kappa shape index (κ3) is 4.27. The van der Waals surface area contributed by atoms with Crippen molar-refractivity contribution in [2.24, 2.45) is 0 Å². The lowest BCUT2D eigenvalue weighted by molar-refractivity contribution is 0.414. The number of benzene rings is 1. The number of rotatable bonds is 8. The molecule has 0 saturated heterocycles. The minimum Gasteiger partial charge on any atom is -0.497 e. The summed E-state index contributed by atoms with van der Waals surface area (Å²) in [7, 11) is 3.32. The summed E-state index contributed by atoms with van der Waals surface area (Å²) in [6.45, 7) is 0.383. The Balaban J connectivity index is 1.52. The number of fused-ring (bicyclic) bond motifs is 1. The summed E-state index contributed by atoms with van der Waals surface area (Å²) in [6.07, 6.45) is 7.80. The van der Waals surface area contributed by atoms with Crippen molar-refractivity contribution >= 4 is 23.3 Å². The van der Waals surface area contributed by atoms with E-state index in [0.717, 1.165) is 28.9 Å². The van der Waals surface area contributed by atoms with Crippen LogP contribution in [0, 0.1) is 11.2 Å². The van der Waals surface area contributed by atoms with E-state index in [1.54, 1.807) is 32.6 Å². The first-order valence-corrected chi connectivity index (χ1v) is 9.87. The largest absolute Gasteiger partial charge is 0.497 e. The zero-order chi connectivity index (χ0) is 22.5. The van der Waals surface area contributed by atoms with Gasteiger partial charge in [-0.15, -0.1) is 0 Å². The molecule has 0 bridgehead atoms. The van der Waals surface area contributed by atoms with Gasteiger partial charge in [0.15, 0.2) is 0 Å². The molecule has 8 nitrogen and oxygen atoms in total. The zero-order valence-electron chi connectivity index (χ0n) is 17.6. The number of halogens is 1. The van der Waals surface area contributed by atoms with Gasteiger partial charge < -0.3 is 20.8 Å². The number of pyridine rings is 1. The summed E-state index contributed by atoms with van der Waals surface area (Å²) in [6, 6.07) is 10.5. The highest BCUT2D eigenvalue weighted by Crippen LogP contribution is 2.23. The van der Waals surface area contributed by atoms with Crippen molar-refractivity contribution in [1.29, 1.82) is 5.41 Å². The Bertz CT molecular complexity index is 1300. The van der Waals surface area contributed by atoms with E-state index in [2.05, 4.69) is 25.6 Å². The molecule has 0 amide bonds. The van der Waals surface area contributed by atoms with Crippen LogP contribution in [-0.4, -0.2) is 39.7 Å². The molecule has 0 atom stereocenters. The number of methoxy groups -OCH3 is 1. The molecule has 4 rings (SSSR count). The highest BCUT2D eigenvalue weighted by molar-refractivity contribution is 6.08. The molecule has 1 aromatic carbocycles. The SMILES string of the molecule is CN/C=C(\C=N)c1ccc(CNc2cc(-c3cnc4cc(OC)ccn34)ncn2)cc1F. The average molecular weight is 431 g/mol. The van der Waals surface area contributed by atoms with Crippen LogP contribution in [-0.2, 0) is 6.54 Å². The highest BCUT2D eigenvalue weighted by Gasteiger charge is 2.10. The molecule has 9 heteroatoms. The zero-order valence-corrected chi connectivity index (χ0v) is 17.6. The topological polar surface area (TPSA) is 100 Å². The summed E-state index contributed by atoms with van der Waals surface area (Å²) in [4.78, 5) is 13.0. The van der Waals surface area contributed by atoms with Crippen LogP contribution >= 0.6 is 0 Å². The fourth-order valence-corrected chi connectivity index (χ4v) is 3.32. The van der Waals surface area contributed by atoms with Crippen molar-refractivity contribution in [1.82, 2.24) is 24.7 Å². The molecule has 0 aliphatic rings. The van der Waals surface area contributed by atoms with Gasteiger partial charge in [-0.2, -0.15) is 0 Å². The van der Waals surface area contributed by atoms with E-state index in [1.807, 2.05) is 34.9 Å². The van der Waals surface area contributed by atoms with Crippen LogP contribution < -0.4 is 15.4 Å². The number of imidazole rings is 1. The van der Waals surface area contributed by atoms with E-state index in [4.69, 9.17) is 10.1 Å². The standard InChI is InChI=1S/C23H22FN7O/c1-26-12-16(10-25)18-4-3-15(7-19(18)24)11-27-22-9-20(29-14-30-22)21-13-28-23-8-17(32-2)5-6-31(21)23/h3-10,12-14,25-26H,11H2,1-2H3,(H,27,29,30)/b16-12+,25-10?. The lowest BCUT2D eigenvalue weighted by Crippen LogP contribution is -2.04. The first-order chi connectivity index (χ1) is 15.6. The maximum atomic E-state index is 14.5. The van der Waals surface area contributed by atoms with E-state index in [1.165, 1.54) is 12.4 Å². The number of ether oxygens (including phenoxy) is 1. The van der Waals surface area contributed by atoms with Crippen LogP contribution in [0.4, 0.5) is 10.2 Å². The minimum atomic E-state index is -0.390. The predicted octanol–water partition coefficient (Wildman–Crippen LogP) is 3.76. The number of aromatic nitrogens is 4. The first kappa shape index (κ1) is 21.0. The van der Waals surface area contributed by atoms with Crippen molar-refractivity contribution in [2.45, 2.75) is 6.54 Å². The van der Waals surface area contributed by atoms with Crippen molar-refractivity contribution in [3.63, 3.8) is 0 Å². The Morgan fingerprint density at radius 2 is 2.06 bits per heavy atom. The quantitative estimate of drug-likeness (QED) is 0.367. The van der Waals surface area contributed by atoms with Gasteiger partial charge in [0.25, 0.3) is 0 Å². The number of nitrogens with one attached hydrogen (secondary N) is 3. The molecule has 0 aliphatic carbocycles. The van der Waals surface area contributed by atoms with E-state index in [-0.39, 0.29) is 5.82 Å². The number of hydrogen-bond acceptors (Lipinski definition) is 7. The van der Waals surface area contributed by atoms with Crippen molar-refractivity contribution in [3.8, 4) is 17.1 Å². The van der Waals surface area contributed by atoms with Crippen LogP contribution in [0.2, 0.25) is 0 Å². The Labute approximate surface area is 184 Å². The summed E-state index contributed by atoms with van der Waals surface area (Å²) in [5.74, 6) is 0.948. The van der Waals surface area contributed by atoms with E-state index in [0.29, 0.717) is 29.2 Å². The molecular weight excluding hydrogens is 409 g/mol. The second kappa shape index (κ2) is 9.25. The molecule has 3 aromatic heterocycles. The van der Waals surface area contributed by atoms with Gasteiger partial charge in [-0.05, 0) is 17.7 Å². The van der Waals surface area contributed by atoms with Gasteiger partial charge >= 0.3 is 0 Å². The monoisotopic (exact) mass is 431 g/mol. The smallest absolute Gasteiger partial charge is 0.140 e. The number of nitrogens with zero attached hydrogens (tertiary/aromatic N) is 4. The summed E-state index contributed by atoms with van der Waals surface area (Å²) in [5, 5.41) is 13.5. The van der Waals surface area contributed by atoms with Crippen LogP contribution in [0.25, 0.3) is 22.6 Å². The molecule has 162 valence electrons. The van der Waals surface area contributed by atoms with E-state index >= 15 is 0 Å². The third-order valence-electron chi connectivity index (χ3n) is 4.92. The molecule has 32 heavy (non-hydrogen) atoms. The van der Waals surface area contributed by atoms with Crippen molar-refractivity contribution in [3.05, 3.63) is 78.3 Å². The summed E-state index contributed by atoms with van der Waals surface area (Å²) >= 11 is 0. The van der Waals surface area contributed by atoms with Crippen LogP contribution in [0.5, 0.6) is 5.75 Å². The second-order valence-electron chi connectivity index (χ2n) is 6.93. The summed E-state index contributed by atoms with van der Waals surface area (Å²) in [5.41, 5.74) is 3.86. The highest BCUT2D eigenvalue weighted by atomic mass is 19.1. The molecule has 3 N–H and O–H groups in total. The Kier molecular flexibility index (Phi) is 6.07. The number of hydrogen-bond donors (Lipinski definition) is 3. The maximum absolute atomic E-state index is 14.5. The molecule has 4 aromatic rings. The lowest BCUT2D eigenvalue weighted by atomic mass is 10.0. The number of allylic oxidation sites excluding steroid dienone is 1. The fraction of sp³-hybridized carbons (Fsp3) is 0.130. The van der Waals surface area contributed by atoms with Crippen LogP contribution in [0.1, 0.15) is 11.1 Å². The molecule has 0 unspecified atom stereocenters. The number of anilines is 1. The van der Waals surface area contributed by atoms with Gasteiger partial charge in [0, 0.05) is 55.5 Å². The molecule has 0 spiro atoms. The van der Waals surface area contributed by atoms with E-state index < -0.39 is 0 Å². The molecule has 0 radical (unpaired) electrons. The Morgan fingerprint density at radius 3 is 2.81 bits per heavy atom. The normalized spacial score (nSPS) is 11.4. The minimum absolute atomic E-state index is 0.367. The second-order valence-corrected chi connectivity index (χ2v) is 6.93. The average Bonchev–Trinajstić information content (AvgIpc) is 3.25. The van der Waals surface area contributed by atoms with Crippen molar-refractivity contribution < 1.29 is 9.13 Å². The molecule has 0 fully saturated rings. The predicted molar refractivity (Wildman–Crippen MR) is 122 cm³/mol. The lowest BCUT2D eigenvalue weighted by Gasteiger charge is -2.09. The van der Waals surface area contributed by atoms with Gasteiger partial charge in [0.05, 0.1) is 24.7 Å². The Morgan fingerprint density at radius 1 is 1.19 bits per heavy atom. The maximum Gasteiger partial charge on any atom is 0.140 e. The van der Waals surface area contributed by atoms with Gasteiger partial charge in [-0.25, -0.2) is 19.3 Å². The summed E-state index contributed by atoms with van der Waals surface area (Å²) < 4.78 is 21.7. The third-order valence-corrected chi connectivity index (χ3v) is 4.92. The molecular formula is C23H22FN7O. The van der Waals surface area contributed by atoms with Crippen LogP contribution in [0.15, 0.2) is 61.3 Å². The van der Waals surface area contributed by atoms with E-state index in [9.17, 15) is 4.39 Å². The first-order valence-electron chi connectivity index (χ1n) is 9.87.